The highest BCUT2D eigenvalue weighted by Gasteiger charge is 2.32. The maximum absolute atomic E-state index is 11.7. The number of amides is 1. The summed E-state index contributed by atoms with van der Waals surface area (Å²) in [7, 11) is 2.06. The fourth-order valence-corrected chi connectivity index (χ4v) is 3.33. The highest BCUT2D eigenvalue weighted by atomic mass is 32.1. The number of likely N-dealkylation sites (N-methyl/N-ethyl adjacent to an activating group) is 1. The van der Waals surface area contributed by atoms with Crippen molar-refractivity contribution >= 4 is 23.4 Å². The molecule has 0 saturated heterocycles. The average Bonchev–Trinajstić information content (AvgIpc) is 3.31. The molecule has 0 radical (unpaired) electrons. The van der Waals surface area contributed by atoms with E-state index in [1.165, 1.54) is 4.88 Å². The number of nitrogens with zero attached hydrogens (tertiary/aromatic N) is 2. The Labute approximate surface area is 154 Å². The minimum Gasteiger partial charge on any atom is -0.450 e. The van der Waals surface area contributed by atoms with Gasteiger partial charge in [-0.1, -0.05) is 6.07 Å². The zero-order valence-electron chi connectivity index (χ0n) is 15.5. The first-order chi connectivity index (χ1) is 12.1. The summed E-state index contributed by atoms with van der Waals surface area (Å²) in [5.41, 5.74) is 0. The van der Waals surface area contributed by atoms with Crippen LogP contribution in [0.25, 0.3) is 0 Å². The van der Waals surface area contributed by atoms with Crippen LogP contribution in [-0.2, 0) is 11.2 Å². The number of hydrogen-bond acceptors (Lipinski definition) is 4. The number of thiophene rings is 1. The lowest BCUT2D eigenvalue weighted by molar-refractivity contribution is 0.147. The molecule has 2 rings (SSSR count). The van der Waals surface area contributed by atoms with E-state index in [-0.39, 0.29) is 12.1 Å². The molecule has 1 amide bonds. The van der Waals surface area contributed by atoms with E-state index in [4.69, 9.17) is 9.73 Å². The first-order valence-electron chi connectivity index (χ1n) is 9.09. The third-order valence-electron chi connectivity index (χ3n) is 4.18. The molecule has 1 unspecified atom stereocenters. The predicted molar refractivity (Wildman–Crippen MR) is 103 cm³/mol. The van der Waals surface area contributed by atoms with Crippen LogP contribution in [0.2, 0.25) is 0 Å². The molecule has 1 atom stereocenters. The first kappa shape index (κ1) is 19.6. The van der Waals surface area contributed by atoms with E-state index in [1.807, 2.05) is 6.92 Å². The van der Waals surface area contributed by atoms with Crippen LogP contribution in [0.4, 0.5) is 4.79 Å². The summed E-state index contributed by atoms with van der Waals surface area (Å²) >= 11 is 1.78. The maximum atomic E-state index is 11.7. The molecular weight excluding hydrogens is 336 g/mol. The van der Waals surface area contributed by atoms with E-state index in [0.717, 1.165) is 38.3 Å². The lowest BCUT2D eigenvalue weighted by atomic mass is 10.2. The van der Waals surface area contributed by atoms with Crippen molar-refractivity contribution in [3.05, 3.63) is 22.4 Å². The molecule has 1 saturated carbocycles. The predicted octanol–water partition coefficient (Wildman–Crippen LogP) is 2.71. The molecule has 7 heteroatoms. The molecule has 1 heterocycles. The summed E-state index contributed by atoms with van der Waals surface area (Å²) in [5, 5.41) is 8.41. The lowest BCUT2D eigenvalue weighted by Crippen LogP contribution is -2.43. The van der Waals surface area contributed by atoms with Gasteiger partial charge in [-0.15, -0.1) is 11.3 Å². The quantitative estimate of drug-likeness (QED) is 0.521. The summed E-state index contributed by atoms with van der Waals surface area (Å²) in [6, 6.07) is 4.30. The Morgan fingerprint density at radius 2 is 2.28 bits per heavy atom. The van der Waals surface area contributed by atoms with Crippen molar-refractivity contribution in [3.63, 3.8) is 0 Å². The van der Waals surface area contributed by atoms with Gasteiger partial charge in [0.15, 0.2) is 5.96 Å². The number of ether oxygens (including phenoxy) is 1. The first-order valence-corrected chi connectivity index (χ1v) is 9.97. The number of hydrogen-bond donors (Lipinski definition) is 2. The Kier molecular flexibility index (Phi) is 8.04. The highest BCUT2D eigenvalue weighted by molar-refractivity contribution is 7.09. The van der Waals surface area contributed by atoms with Crippen LogP contribution in [-0.4, -0.2) is 56.3 Å². The number of guanidine groups is 1. The van der Waals surface area contributed by atoms with E-state index in [9.17, 15) is 4.79 Å². The van der Waals surface area contributed by atoms with Gasteiger partial charge in [0.05, 0.1) is 19.2 Å². The average molecular weight is 367 g/mol. The Bertz CT molecular complexity index is 543. The minimum absolute atomic E-state index is 0.0541. The molecule has 1 aromatic heterocycles. The number of carbonyl (C=O) groups is 1. The molecular formula is C18H30N4O2S. The molecule has 1 aliphatic rings. The minimum atomic E-state index is -0.342. The standard InChI is InChI=1S/C18H30N4O2S/c1-4-19-17(22(3)11-10-15-7-6-12-25-15)20-13-16(14-8-9-14)21-18(23)24-5-2/h6-7,12,14,16H,4-5,8-11,13H2,1-3H3,(H,19,20)(H,21,23). The van der Waals surface area contributed by atoms with E-state index in [2.05, 4.69) is 47.0 Å². The third-order valence-corrected chi connectivity index (χ3v) is 5.11. The van der Waals surface area contributed by atoms with Gasteiger partial charge < -0.3 is 20.3 Å². The molecule has 1 aromatic rings. The Morgan fingerprint density at radius 3 is 2.88 bits per heavy atom. The van der Waals surface area contributed by atoms with Crippen LogP contribution in [0.1, 0.15) is 31.6 Å². The van der Waals surface area contributed by atoms with E-state index < -0.39 is 0 Å². The molecule has 2 N–H and O–H groups in total. The summed E-state index contributed by atoms with van der Waals surface area (Å²) in [5.74, 6) is 1.41. The second kappa shape index (κ2) is 10.3. The fraction of sp³-hybridized carbons (Fsp3) is 0.667. The topological polar surface area (TPSA) is 66.0 Å². The van der Waals surface area contributed by atoms with Crippen LogP contribution >= 0.6 is 11.3 Å². The zero-order chi connectivity index (χ0) is 18.1. The summed E-state index contributed by atoms with van der Waals surface area (Å²) < 4.78 is 5.01. The molecule has 0 aromatic carbocycles. The number of alkyl carbamates (subject to hydrolysis) is 1. The van der Waals surface area contributed by atoms with Gasteiger partial charge in [-0.25, -0.2) is 4.79 Å². The Hall–Kier alpha value is -1.76. The molecule has 140 valence electrons. The van der Waals surface area contributed by atoms with Crippen LogP contribution in [0, 0.1) is 5.92 Å². The van der Waals surface area contributed by atoms with Crippen molar-refractivity contribution in [2.24, 2.45) is 10.9 Å². The number of rotatable bonds is 9. The monoisotopic (exact) mass is 366 g/mol. The van der Waals surface area contributed by atoms with Crippen molar-refractivity contribution < 1.29 is 9.53 Å². The Morgan fingerprint density at radius 1 is 1.48 bits per heavy atom. The number of nitrogens with one attached hydrogen (secondary N) is 2. The maximum Gasteiger partial charge on any atom is 0.407 e. The summed E-state index contributed by atoms with van der Waals surface area (Å²) in [6.07, 6.45) is 2.96. The highest BCUT2D eigenvalue weighted by Crippen LogP contribution is 2.32. The van der Waals surface area contributed by atoms with Crippen molar-refractivity contribution in [1.82, 2.24) is 15.5 Å². The van der Waals surface area contributed by atoms with Gasteiger partial charge in [-0.05, 0) is 50.5 Å². The fourth-order valence-electron chi connectivity index (χ4n) is 2.63. The molecule has 25 heavy (non-hydrogen) atoms. The van der Waals surface area contributed by atoms with Crippen LogP contribution < -0.4 is 10.6 Å². The van der Waals surface area contributed by atoms with Gasteiger partial charge >= 0.3 is 6.09 Å². The SMILES string of the molecule is CCNC(=NCC(NC(=O)OCC)C1CC1)N(C)CCc1cccs1. The van der Waals surface area contributed by atoms with E-state index >= 15 is 0 Å². The molecule has 0 aliphatic heterocycles. The van der Waals surface area contributed by atoms with Crippen molar-refractivity contribution in [3.8, 4) is 0 Å². The van der Waals surface area contributed by atoms with Gasteiger partial charge in [0.1, 0.15) is 0 Å². The number of aliphatic imine (C=N–C) groups is 1. The van der Waals surface area contributed by atoms with Crippen molar-refractivity contribution in [2.75, 3.05) is 33.3 Å². The molecule has 1 fully saturated rings. The van der Waals surface area contributed by atoms with E-state index in [1.54, 1.807) is 11.3 Å². The van der Waals surface area contributed by atoms with Crippen molar-refractivity contribution in [1.29, 1.82) is 0 Å². The lowest BCUT2D eigenvalue weighted by Gasteiger charge is -2.23. The van der Waals surface area contributed by atoms with Gasteiger partial charge in [0, 0.05) is 25.0 Å². The number of carbonyl (C=O) groups excluding carboxylic acids is 1. The second-order valence-electron chi connectivity index (χ2n) is 6.25. The van der Waals surface area contributed by atoms with Crippen LogP contribution in [0.15, 0.2) is 22.5 Å². The Balaban J connectivity index is 1.90. The smallest absolute Gasteiger partial charge is 0.407 e. The molecule has 0 bridgehead atoms. The van der Waals surface area contributed by atoms with Gasteiger partial charge in [-0.3, -0.25) is 4.99 Å². The van der Waals surface area contributed by atoms with Gasteiger partial charge in [-0.2, -0.15) is 0 Å². The largest absolute Gasteiger partial charge is 0.450 e. The summed E-state index contributed by atoms with van der Waals surface area (Å²) in [4.78, 5) is 20.0. The second-order valence-corrected chi connectivity index (χ2v) is 7.29. The third kappa shape index (κ3) is 6.94. The molecule has 0 spiro atoms. The van der Waals surface area contributed by atoms with Crippen LogP contribution in [0.3, 0.4) is 0 Å². The van der Waals surface area contributed by atoms with E-state index in [0.29, 0.717) is 19.1 Å². The van der Waals surface area contributed by atoms with Gasteiger partial charge in [0.25, 0.3) is 0 Å². The normalized spacial score (nSPS) is 15.6. The summed E-state index contributed by atoms with van der Waals surface area (Å²) in [6.45, 7) is 6.58. The zero-order valence-corrected chi connectivity index (χ0v) is 16.3. The molecule has 1 aliphatic carbocycles. The van der Waals surface area contributed by atoms with Crippen LogP contribution in [0.5, 0.6) is 0 Å². The molecule has 6 nitrogen and oxygen atoms in total. The van der Waals surface area contributed by atoms with Crippen molar-refractivity contribution in [2.45, 2.75) is 39.2 Å². The van der Waals surface area contributed by atoms with Gasteiger partial charge in [0.2, 0.25) is 0 Å².